The first-order valence-electron chi connectivity index (χ1n) is 6.54. The summed E-state index contributed by atoms with van der Waals surface area (Å²) >= 11 is 3.30. The van der Waals surface area contributed by atoms with Gasteiger partial charge in [0.25, 0.3) is 5.69 Å². The maximum absolute atomic E-state index is 12.0. The van der Waals surface area contributed by atoms with Gasteiger partial charge in [0.2, 0.25) is 0 Å². The van der Waals surface area contributed by atoms with Crippen molar-refractivity contribution < 1.29 is 9.72 Å². The highest BCUT2D eigenvalue weighted by Gasteiger charge is 2.23. The minimum Gasteiger partial charge on any atom is -0.299 e. The molecule has 1 unspecified atom stereocenters. The van der Waals surface area contributed by atoms with E-state index in [1.54, 1.807) is 6.07 Å². The minimum atomic E-state index is -0.400. The van der Waals surface area contributed by atoms with Gasteiger partial charge in [-0.3, -0.25) is 14.9 Å². The Morgan fingerprint density at radius 3 is 2.84 bits per heavy atom. The fraction of sp³-hybridized carbons (Fsp3) is 0.500. The van der Waals surface area contributed by atoms with Crippen molar-refractivity contribution in [1.82, 2.24) is 0 Å². The van der Waals surface area contributed by atoms with Crippen LogP contribution < -0.4 is 0 Å². The van der Waals surface area contributed by atoms with Crippen LogP contribution in [0.4, 0.5) is 5.69 Å². The van der Waals surface area contributed by atoms with Crippen LogP contribution >= 0.6 is 15.9 Å². The van der Waals surface area contributed by atoms with Crippen molar-refractivity contribution in [3.05, 3.63) is 38.3 Å². The summed E-state index contributed by atoms with van der Waals surface area (Å²) in [5.41, 5.74) is 0.924. The summed E-state index contributed by atoms with van der Waals surface area (Å²) in [6.45, 7) is 0. The van der Waals surface area contributed by atoms with Gasteiger partial charge in [0.05, 0.1) is 9.40 Å². The van der Waals surface area contributed by atoms with Crippen LogP contribution in [0, 0.1) is 16.0 Å². The first-order valence-corrected chi connectivity index (χ1v) is 7.33. The topological polar surface area (TPSA) is 60.2 Å². The second kappa shape index (κ2) is 6.28. The lowest BCUT2D eigenvalue weighted by Gasteiger charge is -2.13. The maximum Gasteiger partial charge on any atom is 0.283 e. The number of Topliss-reactive ketones (excluding diaryl/α,β-unsaturated/α-hetero) is 1. The second-order valence-corrected chi connectivity index (χ2v) is 5.77. The Morgan fingerprint density at radius 2 is 2.11 bits per heavy atom. The molecule has 102 valence electrons. The average molecular weight is 326 g/mol. The fourth-order valence-corrected chi connectivity index (χ4v) is 3.15. The zero-order valence-corrected chi connectivity index (χ0v) is 12.2. The third-order valence-corrected chi connectivity index (χ3v) is 4.57. The molecular weight excluding hydrogens is 310 g/mol. The Morgan fingerprint density at radius 1 is 1.32 bits per heavy atom. The standard InChI is InChI=1S/C14H16BrNO3/c15-14-11(6-4-7-12(14)16(18)19)9-10-5-2-1-3-8-13(10)17/h4,6-7,10H,1-3,5,8-9H2. The van der Waals surface area contributed by atoms with E-state index >= 15 is 0 Å². The summed E-state index contributed by atoms with van der Waals surface area (Å²) in [7, 11) is 0. The van der Waals surface area contributed by atoms with E-state index in [4.69, 9.17) is 0 Å². The van der Waals surface area contributed by atoms with Gasteiger partial charge in [0.1, 0.15) is 5.78 Å². The van der Waals surface area contributed by atoms with Crippen molar-refractivity contribution >= 4 is 27.4 Å². The number of halogens is 1. The molecule has 1 aliphatic carbocycles. The average Bonchev–Trinajstić information content (AvgIpc) is 2.57. The zero-order chi connectivity index (χ0) is 13.8. The normalized spacial score (nSPS) is 20.1. The monoisotopic (exact) mass is 325 g/mol. The number of carbonyl (C=O) groups is 1. The van der Waals surface area contributed by atoms with Crippen molar-refractivity contribution in [2.24, 2.45) is 5.92 Å². The van der Waals surface area contributed by atoms with Gasteiger partial charge in [-0.15, -0.1) is 0 Å². The van der Waals surface area contributed by atoms with Gasteiger partial charge in [-0.2, -0.15) is 0 Å². The number of nitro groups is 1. The quantitative estimate of drug-likeness (QED) is 0.478. The molecule has 0 bridgehead atoms. The molecule has 1 aromatic rings. The van der Waals surface area contributed by atoms with Crippen LogP contribution in [0.2, 0.25) is 0 Å². The summed E-state index contributed by atoms with van der Waals surface area (Å²) < 4.78 is 0.511. The van der Waals surface area contributed by atoms with E-state index in [2.05, 4.69) is 15.9 Å². The van der Waals surface area contributed by atoms with Gasteiger partial charge in [-0.05, 0) is 40.8 Å². The third kappa shape index (κ3) is 3.41. The van der Waals surface area contributed by atoms with E-state index < -0.39 is 4.92 Å². The molecule has 0 saturated heterocycles. The lowest BCUT2D eigenvalue weighted by atomic mass is 9.91. The fourth-order valence-electron chi connectivity index (χ4n) is 2.58. The van der Waals surface area contributed by atoms with Gasteiger partial charge >= 0.3 is 0 Å². The summed E-state index contributed by atoms with van der Waals surface area (Å²) in [5.74, 6) is 0.316. The number of carbonyl (C=O) groups excluding carboxylic acids is 1. The molecule has 5 heteroatoms. The Bertz CT molecular complexity index is 501. The molecule has 1 aliphatic rings. The number of nitro benzene ring substituents is 1. The van der Waals surface area contributed by atoms with Crippen molar-refractivity contribution in [3.63, 3.8) is 0 Å². The first-order chi connectivity index (χ1) is 9.09. The summed E-state index contributed by atoms with van der Waals surface area (Å²) in [6.07, 6.45) is 5.30. The number of hydrogen-bond donors (Lipinski definition) is 0. The van der Waals surface area contributed by atoms with Crippen LogP contribution in [0.15, 0.2) is 22.7 Å². The van der Waals surface area contributed by atoms with Crippen molar-refractivity contribution in [2.75, 3.05) is 0 Å². The van der Waals surface area contributed by atoms with Crippen LogP contribution in [0.5, 0.6) is 0 Å². The molecule has 0 radical (unpaired) electrons. The van der Waals surface area contributed by atoms with Crippen LogP contribution in [0.25, 0.3) is 0 Å². The number of ketones is 1. The Hall–Kier alpha value is -1.23. The summed E-state index contributed by atoms with van der Waals surface area (Å²) in [6, 6.07) is 5.01. The molecule has 0 heterocycles. The molecule has 0 N–H and O–H groups in total. The van der Waals surface area contributed by atoms with Crippen LogP contribution in [-0.2, 0) is 11.2 Å². The van der Waals surface area contributed by atoms with Crippen LogP contribution in [-0.4, -0.2) is 10.7 Å². The van der Waals surface area contributed by atoms with Gasteiger partial charge in [-0.1, -0.05) is 25.0 Å². The van der Waals surface area contributed by atoms with Gasteiger partial charge in [0, 0.05) is 18.4 Å². The molecule has 0 aliphatic heterocycles. The molecule has 0 amide bonds. The number of rotatable bonds is 3. The molecule has 0 aromatic heterocycles. The molecule has 1 aromatic carbocycles. The first kappa shape index (κ1) is 14.2. The molecule has 4 nitrogen and oxygen atoms in total. The largest absolute Gasteiger partial charge is 0.299 e. The van der Waals surface area contributed by atoms with E-state index in [0.29, 0.717) is 23.1 Å². The zero-order valence-electron chi connectivity index (χ0n) is 10.6. The molecule has 0 spiro atoms. The van der Waals surface area contributed by atoms with Crippen molar-refractivity contribution in [2.45, 2.75) is 38.5 Å². The van der Waals surface area contributed by atoms with Crippen molar-refractivity contribution in [1.29, 1.82) is 0 Å². The highest BCUT2D eigenvalue weighted by Crippen LogP contribution is 2.32. The molecular formula is C14H16BrNO3. The molecule has 19 heavy (non-hydrogen) atoms. The van der Waals surface area contributed by atoms with E-state index in [-0.39, 0.29) is 11.6 Å². The molecule has 1 atom stereocenters. The Labute approximate surface area is 120 Å². The lowest BCUT2D eigenvalue weighted by Crippen LogP contribution is -2.15. The van der Waals surface area contributed by atoms with Crippen molar-refractivity contribution in [3.8, 4) is 0 Å². The van der Waals surface area contributed by atoms with E-state index in [1.165, 1.54) is 6.07 Å². The van der Waals surface area contributed by atoms with Crippen LogP contribution in [0.1, 0.15) is 37.7 Å². The second-order valence-electron chi connectivity index (χ2n) is 4.97. The smallest absolute Gasteiger partial charge is 0.283 e. The predicted octanol–water partition coefficient (Wildman–Crippen LogP) is 4.05. The van der Waals surface area contributed by atoms with Gasteiger partial charge < -0.3 is 0 Å². The number of nitrogens with zero attached hydrogens (tertiary/aromatic N) is 1. The molecule has 2 rings (SSSR count). The lowest BCUT2D eigenvalue weighted by molar-refractivity contribution is -0.385. The number of hydrogen-bond acceptors (Lipinski definition) is 3. The Balaban J connectivity index is 2.20. The SMILES string of the molecule is O=C1CCCCCC1Cc1cccc([N+](=O)[O-])c1Br. The number of benzene rings is 1. The molecule has 1 fully saturated rings. The summed E-state index contributed by atoms with van der Waals surface area (Å²) in [5, 5.41) is 10.9. The van der Waals surface area contributed by atoms with Crippen LogP contribution in [0.3, 0.4) is 0 Å². The minimum absolute atomic E-state index is 0.0146. The Kier molecular flexibility index (Phi) is 4.69. The highest BCUT2D eigenvalue weighted by molar-refractivity contribution is 9.10. The highest BCUT2D eigenvalue weighted by atomic mass is 79.9. The predicted molar refractivity (Wildman–Crippen MR) is 76.1 cm³/mol. The van der Waals surface area contributed by atoms with Gasteiger partial charge in [-0.25, -0.2) is 0 Å². The van der Waals surface area contributed by atoms with E-state index in [1.807, 2.05) is 6.07 Å². The van der Waals surface area contributed by atoms with E-state index in [0.717, 1.165) is 31.2 Å². The van der Waals surface area contributed by atoms with E-state index in [9.17, 15) is 14.9 Å². The maximum atomic E-state index is 12.0. The summed E-state index contributed by atoms with van der Waals surface area (Å²) in [4.78, 5) is 22.5. The van der Waals surface area contributed by atoms with Gasteiger partial charge in [0.15, 0.2) is 0 Å². The molecule has 1 saturated carbocycles. The third-order valence-electron chi connectivity index (χ3n) is 3.65.